The summed E-state index contributed by atoms with van der Waals surface area (Å²) < 4.78 is 0. The third-order valence-corrected chi connectivity index (χ3v) is 5.22. The summed E-state index contributed by atoms with van der Waals surface area (Å²) in [6, 6.07) is 0. The van der Waals surface area contributed by atoms with Crippen LogP contribution in [-0.4, -0.2) is 5.78 Å². The number of hydrogen-bond donors (Lipinski definition) is 0. The average Bonchev–Trinajstić information content (AvgIpc) is 2.39. The second-order valence-corrected chi connectivity index (χ2v) is 6.67. The van der Waals surface area contributed by atoms with E-state index in [9.17, 15) is 4.79 Å². The highest BCUT2D eigenvalue weighted by Crippen LogP contribution is 2.36. The molecule has 0 amide bonds. The Labute approximate surface area is 114 Å². The van der Waals surface area contributed by atoms with Gasteiger partial charge in [0, 0.05) is 11.8 Å². The van der Waals surface area contributed by atoms with Crippen molar-refractivity contribution in [3.8, 4) is 0 Å². The van der Waals surface area contributed by atoms with Gasteiger partial charge in [0.25, 0.3) is 0 Å². The van der Waals surface area contributed by atoms with E-state index in [1.165, 1.54) is 32.1 Å². The topological polar surface area (TPSA) is 17.1 Å². The van der Waals surface area contributed by atoms with Crippen LogP contribution in [0, 0.1) is 17.3 Å². The van der Waals surface area contributed by atoms with Crippen LogP contribution in [-0.2, 0) is 4.79 Å². The van der Waals surface area contributed by atoms with E-state index in [0.29, 0.717) is 11.7 Å². The molecule has 1 aliphatic rings. The summed E-state index contributed by atoms with van der Waals surface area (Å²) in [6.07, 6.45) is 10.8. The van der Waals surface area contributed by atoms with Gasteiger partial charge in [-0.25, -0.2) is 0 Å². The summed E-state index contributed by atoms with van der Waals surface area (Å²) in [5, 5.41) is 0. The number of carbonyl (C=O) groups is 1. The van der Waals surface area contributed by atoms with Crippen LogP contribution < -0.4 is 0 Å². The predicted octanol–water partition coefficient (Wildman–Crippen LogP) is 5.38. The van der Waals surface area contributed by atoms with E-state index in [1.54, 1.807) is 0 Å². The molecule has 1 heteroatoms. The Balaban J connectivity index is 2.51. The van der Waals surface area contributed by atoms with Gasteiger partial charge in [-0.1, -0.05) is 66.2 Å². The van der Waals surface area contributed by atoms with E-state index < -0.39 is 0 Å². The zero-order chi connectivity index (χ0) is 13.6. The minimum absolute atomic E-state index is 0.0579. The minimum atomic E-state index is -0.0579. The Kier molecular flexibility index (Phi) is 6.38. The molecule has 2 atom stereocenters. The summed E-state index contributed by atoms with van der Waals surface area (Å²) in [5.41, 5.74) is -0.0579. The first-order valence-electron chi connectivity index (χ1n) is 8.06. The second kappa shape index (κ2) is 7.31. The van der Waals surface area contributed by atoms with E-state index in [4.69, 9.17) is 0 Å². The SMILES string of the molecule is CCCC(C)(CC)C(=O)CC(C)C1CCCCC1. The molecule has 1 rings (SSSR count). The Morgan fingerprint density at radius 3 is 2.33 bits per heavy atom. The highest BCUT2D eigenvalue weighted by Gasteiger charge is 2.32. The standard InChI is InChI=1S/C17H32O/c1-5-12-17(4,6-2)16(18)13-14(3)15-10-8-7-9-11-15/h14-15H,5-13H2,1-4H3. The predicted molar refractivity (Wildman–Crippen MR) is 78.7 cm³/mol. The first kappa shape index (κ1) is 15.7. The van der Waals surface area contributed by atoms with Crippen molar-refractivity contribution in [1.82, 2.24) is 0 Å². The largest absolute Gasteiger partial charge is 0.299 e. The second-order valence-electron chi connectivity index (χ2n) is 6.67. The van der Waals surface area contributed by atoms with Gasteiger partial charge in [-0.2, -0.15) is 0 Å². The molecule has 0 aromatic carbocycles. The molecule has 0 saturated heterocycles. The molecule has 106 valence electrons. The summed E-state index contributed by atoms with van der Waals surface area (Å²) in [6.45, 7) is 8.83. The maximum Gasteiger partial charge on any atom is 0.139 e. The van der Waals surface area contributed by atoms with Gasteiger partial charge in [-0.15, -0.1) is 0 Å². The van der Waals surface area contributed by atoms with Crippen LogP contribution in [0.3, 0.4) is 0 Å². The van der Waals surface area contributed by atoms with Crippen LogP contribution in [0.1, 0.15) is 85.5 Å². The van der Waals surface area contributed by atoms with Crippen molar-refractivity contribution in [2.24, 2.45) is 17.3 Å². The van der Waals surface area contributed by atoms with Gasteiger partial charge < -0.3 is 0 Å². The Bertz CT molecular complexity index is 252. The van der Waals surface area contributed by atoms with Crippen molar-refractivity contribution in [3.63, 3.8) is 0 Å². The average molecular weight is 252 g/mol. The number of ketones is 1. The lowest BCUT2D eigenvalue weighted by molar-refractivity contribution is -0.129. The third kappa shape index (κ3) is 4.10. The van der Waals surface area contributed by atoms with Crippen LogP contribution >= 0.6 is 0 Å². The molecule has 0 heterocycles. The fourth-order valence-corrected chi connectivity index (χ4v) is 3.47. The molecular formula is C17H32O. The van der Waals surface area contributed by atoms with Crippen molar-refractivity contribution in [3.05, 3.63) is 0 Å². The number of Topliss-reactive ketones (excluding diaryl/α,β-unsaturated/α-hetero) is 1. The van der Waals surface area contributed by atoms with Gasteiger partial charge in [0.05, 0.1) is 0 Å². The molecule has 1 fully saturated rings. The molecule has 0 spiro atoms. The monoisotopic (exact) mass is 252 g/mol. The lowest BCUT2D eigenvalue weighted by atomic mass is 9.72. The lowest BCUT2D eigenvalue weighted by Crippen LogP contribution is -2.30. The van der Waals surface area contributed by atoms with E-state index in [2.05, 4.69) is 27.7 Å². The number of hydrogen-bond acceptors (Lipinski definition) is 1. The third-order valence-electron chi connectivity index (χ3n) is 5.22. The number of rotatable bonds is 7. The van der Waals surface area contributed by atoms with E-state index in [-0.39, 0.29) is 5.41 Å². The van der Waals surface area contributed by atoms with Gasteiger partial charge in [0.2, 0.25) is 0 Å². The van der Waals surface area contributed by atoms with Crippen molar-refractivity contribution in [1.29, 1.82) is 0 Å². The van der Waals surface area contributed by atoms with E-state index in [0.717, 1.165) is 31.6 Å². The molecule has 0 aromatic heterocycles. The fourth-order valence-electron chi connectivity index (χ4n) is 3.47. The molecule has 0 aromatic rings. The summed E-state index contributed by atoms with van der Waals surface area (Å²) in [7, 11) is 0. The molecular weight excluding hydrogens is 220 g/mol. The first-order chi connectivity index (χ1) is 8.53. The Hall–Kier alpha value is -0.330. The van der Waals surface area contributed by atoms with Gasteiger partial charge in [-0.3, -0.25) is 4.79 Å². The quantitative estimate of drug-likeness (QED) is 0.594. The molecule has 18 heavy (non-hydrogen) atoms. The van der Waals surface area contributed by atoms with E-state index in [1.807, 2.05) is 0 Å². The van der Waals surface area contributed by atoms with Crippen LogP contribution in [0.5, 0.6) is 0 Å². The minimum Gasteiger partial charge on any atom is -0.299 e. The highest BCUT2D eigenvalue weighted by molar-refractivity contribution is 5.84. The van der Waals surface area contributed by atoms with Crippen LogP contribution in [0.4, 0.5) is 0 Å². The van der Waals surface area contributed by atoms with E-state index >= 15 is 0 Å². The summed E-state index contributed by atoms with van der Waals surface area (Å²) in [5.74, 6) is 1.93. The zero-order valence-corrected chi connectivity index (χ0v) is 12.9. The van der Waals surface area contributed by atoms with Crippen LogP contribution in [0.15, 0.2) is 0 Å². The first-order valence-corrected chi connectivity index (χ1v) is 8.06. The summed E-state index contributed by atoms with van der Waals surface area (Å²) in [4.78, 5) is 12.5. The molecule has 0 N–H and O–H groups in total. The van der Waals surface area contributed by atoms with Crippen molar-refractivity contribution >= 4 is 5.78 Å². The molecule has 0 aliphatic heterocycles. The van der Waals surface area contributed by atoms with Crippen LogP contribution in [0.25, 0.3) is 0 Å². The van der Waals surface area contributed by atoms with Gasteiger partial charge in [0.1, 0.15) is 5.78 Å². The molecule has 0 radical (unpaired) electrons. The van der Waals surface area contributed by atoms with Gasteiger partial charge >= 0.3 is 0 Å². The van der Waals surface area contributed by atoms with Crippen molar-refractivity contribution < 1.29 is 4.79 Å². The summed E-state index contributed by atoms with van der Waals surface area (Å²) >= 11 is 0. The molecule has 0 bridgehead atoms. The Morgan fingerprint density at radius 2 is 1.83 bits per heavy atom. The van der Waals surface area contributed by atoms with Crippen molar-refractivity contribution in [2.45, 2.75) is 85.5 Å². The van der Waals surface area contributed by atoms with Crippen molar-refractivity contribution in [2.75, 3.05) is 0 Å². The highest BCUT2D eigenvalue weighted by atomic mass is 16.1. The number of carbonyl (C=O) groups excluding carboxylic acids is 1. The maximum atomic E-state index is 12.5. The zero-order valence-electron chi connectivity index (χ0n) is 12.9. The normalized spacial score (nSPS) is 22.4. The van der Waals surface area contributed by atoms with Gasteiger partial charge in [-0.05, 0) is 24.7 Å². The molecule has 1 saturated carbocycles. The fraction of sp³-hybridized carbons (Fsp3) is 0.941. The Morgan fingerprint density at radius 1 is 1.22 bits per heavy atom. The molecule has 1 aliphatic carbocycles. The molecule has 1 nitrogen and oxygen atoms in total. The maximum absolute atomic E-state index is 12.5. The van der Waals surface area contributed by atoms with Gasteiger partial charge in [0.15, 0.2) is 0 Å². The molecule has 2 unspecified atom stereocenters. The van der Waals surface area contributed by atoms with Crippen LogP contribution in [0.2, 0.25) is 0 Å². The smallest absolute Gasteiger partial charge is 0.139 e. The lowest BCUT2D eigenvalue weighted by Gasteiger charge is -2.31.